The summed E-state index contributed by atoms with van der Waals surface area (Å²) in [6.07, 6.45) is 0. The lowest BCUT2D eigenvalue weighted by molar-refractivity contribution is 0.201. The van der Waals surface area contributed by atoms with Crippen molar-refractivity contribution in [3.8, 4) is 16.3 Å². The van der Waals surface area contributed by atoms with E-state index in [-0.39, 0.29) is 6.61 Å². The Balaban J connectivity index is 1.57. The van der Waals surface area contributed by atoms with Crippen molar-refractivity contribution in [1.29, 1.82) is 0 Å². The average molecular weight is 326 g/mol. The van der Waals surface area contributed by atoms with Gasteiger partial charge in [-0.05, 0) is 24.3 Å². The highest BCUT2D eigenvalue weighted by Gasteiger charge is 2.04. The monoisotopic (exact) mass is 326 g/mol. The summed E-state index contributed by atoms with van der Waals surface area (Å²) in [5.74, 6) is 0.754. The summed E-state index contributed by atoms with van der Waals surface area (Å²) in [6, 6.07) is 17.9. The Morgan fingerprint density at radius 3 is 2.57 bits per heavy atom. The Kier molecular flexibility index (Phi) is 5.24. The first-order valence-corrected chi connectivity index (χ1v) is 8.30. The molecule has 5 heteroatoms. The highest BCUT2D eigenvalue weighted by atomic mass is 32.1. The summed E-state index contributed by atoms with van der Waals surface area (Å²) in [7, 11) is 0. The summed E-state index contributed by atoms with van der Waals surface area (Å²) in [5.41, 5.74) is 3.18. The van der Waals surface area contributed by atoms with Gasteiger partial charge < -0.3 is 15.2 Å². The van der Waals surface area contributed by atoms with Crippen LogP contribution in [0.25, 0.3) is 10.6 Å². The van der Waals surface area contributed by atoms with E-state index < -0.39 is 0 Å². The first-order valence-electron chi connectivity index (χ1n) is 7.42. The van der Waals surface area contributed by atoms with Gasteiger partial charge in [0.05, 0.1) is 18.8 Å². The van der Waals surface area contributed by atoms with Crippen molar-refractivity contribution < 1.29 is 9.84 Å². The number of hydrogen-bond acceptors (Lipinski definition) is 5. The molecule has 2 N–H and O–H groups in total. The molecule has 0 radical (unpaired) electrons. The molecule has 0 fully saturated rings. The molecule has 2 aromatic carbocycles. The number of aromatic nitrogens is 1. The van der Waals surface area contributed by atoms with Crippen LogP contribution < -0.4 is 10.1 Å². The molecule has 1 heterocycles. The minimum absolute atomic E-state index is 0.0214. The van der Waals surface area contributed by atoms with Gasteiger partial charge in [0.1, 0.15) is 17.4 Å². The van der Waals surface area contributed by atoms with Crippen LogP contribution in [0, 0.1) is 0 Å². The fraction of sp³-hybridized carbons (Fsp3) is 0.167. The molecule has 0 spiro atoms. The zero-order chi connectivity index (χ0) is 15.9. The Bertz CT molecular complexity index is 726. The van der Waals surface area contributed by atoms with Gasteiger partial charge in [-0.25, -0.2) is 4.98 Å². The molecule has 0 aliphatic rings. The molecule has 4 nitrogen and oxygen atoms in total. The molecule has 0 aliphatic heterocycles. The molecule has 0 saturated carbocycles. The fourth-order valence-corrected chi connectivity index (χ4v) is 2.95. The lowest BCUT2D eigenvalue weighted by atomic mass is 10.2. The number of anilines is 1. The Hall–Kier alpha value is -2.37. The van der Waals surface area contributed by atoms with E-state index in [0.717, 1.165) is 27.7 Å². The number of ether oxygens (including phenoxy) is 1. The van der Waals surface area contributed by atoms with Gasteiger partial charge >= 0.3 is 0 Å². The van der Waals surface area contributed by atoms with Crippen molar-refractivity contribution in [3.63, 3.8) is 0 Å². The number of rotatable bonds is 7. The van der Waals surface area contributed by atoms with E-state index in [1.54, 1.807) is 11.3 Å². The summed E-state index contributed by atoms with van der Waals surface area (Å²) < 4.78 is 5.34. The summed E-state index contributed by atoms with van der Waals surface area (Å²) >= 11 is 1.65. The van der Waals surface area contributed by atoms with E-state index in [9.17, 15) is 0 Å². The smallest absolute Gasteiger partial charge is 0.123 e. The second-order valence-electron chi connectivity index (χ2n) is 4.96. The number of aliphatic hydroxyl groups excluding tert-OH is 1. The van der Waals surface area contributed by atoms with Gasteiger partial charge in [-0.2, -0.15) is 0 Å². The average Bonchev–Trinajstić information content (AvgIpc) is 3.09. The molecule has 0 amide bonds. The van der Waals surface area contributed by atoms with E-state index in [1.165, 1.54) is 0 Å². The molecule has 1 aromatic heterocycles. The van der Waals surface area contributed by atoms with Gasteiger partial charge in [0.2, 0.25) is 0 Å². The van der Waals surface area contributed by atoms with E-state index in [1.807, 2.05) is 42.5 Å². The van der Waals surface area contributed by atoms with Crippen LogP contribution in [0.4, 0.5) is 5.69 Å². The lowest BCUT2D eigenvalue weighted by Gasteiger charge is -2.07. The van der Waals surface area contributed by atoms with Crippen LogP contribution in [-0.4, -0.2) is 23.3 Å². The maximum atomic E-state index is 8.73. The van der Waals surface area contributed by atoms with Crippen molar-refractivity contribution in [1.82, 2.24) is 4.98 Å². The molecule has 0 aliphatic carbocycles. The third kappa shape index (κ3) is 4.31. The van der Waals surface area contributed by atoms with Crippen molar-refractivity contribution in [2.24, 2.45) is 0 Å². The van der Waals surface area contributed by atoms with Crippen molar-refractivity contribution >= 4 is 17.0 Å². The number of nitrogens with zero attached hydrogens (tertiary/aromatic N) is 1. The summed E-state index contributed by atoms with van der Waals surface area (Å²) in [6.45, 7) is 1.02. The van der Waals surface area contributed by atoms with Crippen LogP contribution in [0.5, 0.6) is 5.75 Å². The highest BCUT2D eigenvalue weighted by Crippen LogP contribution is 2.24. The minimum Gasteiger partial charge on any atom is -0.491 e. The number of aliphatic hydroxyl groups is 1. The lowest BCUT2D eigenvalue weighted by Crippen LogP contribution is -2.02. The third-order valence-electron chi connectivity index (χ3n) is 3.26. The normalized spacial score (nSPS) is 10.5. The number of benzene rings is 2. The molecule has 118 valence electrons. The Labute approximate surface area is 139 Å². The molecule has 23 heavy (non-hydrogen) atoms. The van der Waals surface area contributed by atoms with Crippen molar-refractivity contribution in [2.75, 3.05) is 18.5 Å². The molecular formula is C18H18N2O2S. The van der Waals surface area contributed by atoms with E-state index in [2.05, 4.69) is 27.8 Å². The molecule has 3 rings (SSSR count). The maximum absolute atomic E-state index is 8.73. The molecule has 0 atom stereocenters. The van der Waals surface area contributed by atoms with E-state index >= 15 is 0 Å². The van der Waals surface area contributed by atoms with Gasteiger partial charge in [-0.15, -0.1) is 11.3 Å². The first kappa shape index (κ1) is 15.5. The quantitative estimate of drug-likeness (QED) is 0.693. The number of nitrogens with one attached hydrogen (secondary N) is 1. The van der Waals surface area contributed by atoms with Crippen molar-refractivity contribution in [2.45, 2.75) is 6.54 Å². The van der Waals surface area contributed by atoms with E-state index in [0.29, 0.717) is 13.2 Å². The highest BCUT2D eigenvalue weighted by molar-refractivity contribution is 7.13. The SMILES string of the molecule is OCCOc1ccc(NCc2csc(-c3ccccc3)n2)cc1. The largest absolute Gasteiger partial charge is 0.491 e. The topological polar surface area (TPSA) is 54.4 Å². The standard InChI is InChI=1S/C18H18N2O2S/c21-10-11-22-17-8-6-15(7-9-17)19-12-16-13-23-18(20-16)14-4-2-1-3-5-14/h1-9,13,19,21H,10-12H2. The number of hydrogen-bond donors (Lipinski definition) is 2. The predicted octanol–water partition coefficient (Wildman–Crippen LogP) is 3.79. The molecule has 0 saturated heterocycles. The zero-order valence-electron chi connectivity index (χ0n) is 12.6. The Morgan fingerprint density at radius 2 is 1.83 bits per heavy atom. The maximum Gasteiger partial charge on any atom is 0.123 e. The fourth-order valence-electron chi connectivity index (χ4n) is 2.13. The molecular weight excluding hydrogens is 308 g/mol. The predicted molar refractivity (Wildman–Crippen MR) is 93.9 cm³/mol. The van der Waals surface area contributed by atoms with Crippen LogP contribution in [0.1, 0.15) is 5.69 Å². The van der Waals surface area contributed by atoms with Crippen LogP contribution in [-0.2, 0) is 6.54 Å². The van der Waals surface area contributed by atoms with Crippen LogP contribution in [0.3, 0.4) is 0 Å². The third-order valence-corrected chi connectivity index (χ3v) is 4.20. The second-order valence-corrected chi connectivity index (χ2v) is 5.82. The van der Waals surface area contributed by atoms with Gasteiger partial charge in [-0.3, -0.25) is 0 Å². The van der Waals surface area contributed by atoms with Crippen molar-refractivity contribution in [3.05, 3.63) is 65.7 Å². The van der Waals surface area contributed by atoms with Crippen LogP contribution in [0.15, 0.2) is 60.0 Å². The Morgan fingerprint density at radius 1 is 1.04 bits per heavy atom. The van der Waals surface area contributed by atoms with Crippen LogP contribution in [0.2, 0.25) is 0 Å². The van der Waals surface area contributed by atoms with Gasteiger partial charge in [0, 0.05) is 16.6 Å². The zero-order valence-corrected chi connectivity index (χ0v) is 13.4. The first-order chi connectivity index (χ1) is 11.3. The molecule has 3 aromatic rings. The summed E-state index contributed by atoms with van der Waals surface area (Å²) in [4.78, 5) is 4.66. The van der Waals surface area contributed by atoms with E-state index in [4.69, 9.17) is 9.84 Å². The summed E-state index contributed by atoms with van der Waals surface area (Å²) in [5, 5.41) is 15.2. The molecule has 0 bridgehead atoms. The van der Waals surface area contributed by atoms with Crippen LogP contribution >= 0.6 is 11.3 Å². The second kappa shape index (κ2) is 7.76. The molecule has 0 unspecified atom stereocenters. The number of thiazole rings is 1. The van der Waals surface area contributed by atoms with Gasteiger partial charge in [-0.1, -0.05) is 30.3 Å². The van der Waals surface area contributed by atoms with Gasteiger partial charge in [0.15, 0.2) is 0 Å². The van der Waals surface area contributed by atoms with Gasteiger partial charge in [0.25, 0.3) is 0 Å². The minimum atomic E-state index is 0.0214.